The molecule has 1 aromatic heterocycles. The largest absolute Gasteiger partial charge is 0.472 e. The quantitative estimate of drug-likeness (QED) is 0.713. The van der Waals surface area contributed by atoms with Crippen LogP contribution in [0, 0.1) is 0 Å². The molecule has 0 bridgehead atoms. The van der Waals surface area contributed by atoms with Crippen molar-refractivity contribution in [3.05, 3.63) is 30.2 Å². The highest BCUT2D eigenvalue weighted by atomic mass is 16.4. The van der Waals surface area contributed by atoms with E-state index in [1.807, 2.05) is 12.1 Å². The fourth-order valence-corrected chi connectivity index (χ4v) is 1.36. The molecule has 0 saturated heterocycles. The number of carboxylic acid groups (broad SMARTS) is 1. The van der Waals surface area contributed by atoms with E-state index in [1.54, 1.807) is 12.5 Å². The monoisotopic (exact) mass is 179 g/mol. The van der Waals surface area contributed by atoms with E-state index < -0.39 is 6.09 Å². The Balaban J connectivity index is 2.10. The van der Waals surface area contributed by atoms with Gasteiger partial charge in [-0.25, -0.2) is 4.79 Å². The van der Waals surface area contributed by atoms with Crippen molar-refractivity contribution >= 4 is 11.7 Å². The maximum Gasteiger partial charge on any atom is 0.407 e. The summed E-state index contributed by atoms with van der Waals surface area (Å²) in [5.41, 5.74) is 1.97. The van der Waals surface area contributed by atoms with Crippen LogP contribution < -0.4 is 0 Å². The van der Waals surface area contributed by atoms with Gasteiger partial charge >= 0.3 is 6.09 Å². The van der Waals surface area contributed by atoms with Gasteiger partial charge in [-0.1, -0.05) is 6.08 Å². The molecule has 0 aromatic carbocycles. The topological polar surface area (TPSA) is 53.7 Å². The number of carbonyl (C=O) groups is 1. The van der Waals surface area contributed by atoms with Crippen LogP contribution in [0.5, 0.6) is 0 Å². The highest BCUT2D eigenvalue weighted by Gasteiger charge is 2.19. The van der Waals surface area contributed by atoms with E-state index in [1.165, 1.54) is 4.90 Å². The standard InChI is InChI=1S/C9H9NO3/c11-9(12)10-3-1-7(5-10)8-2-4-13-6-8/h1-2,4,6H,3,5H2,(H,11,12). The molecule has 0 saturated carbocycles. The first-order valence-corrected chi connectivity index (χ1v) is 3.97. The molecule has 2 rings (SSSR count). The van der Waals surface area contributed by atoms with Crippen molar-refractivity contribution in [1.29, 1.82) is 0 Å². The minimum Gasteiger partial charge on any atom is -0.472 e. The van der Waals surface area contributed by atoms with E-state index in [4.69, 9.17) is 9.52 Å². The lowest BCUT2D eigenvalue weighted by Gasteiger charge is -2.10. The third-order valence-electron chi connectivity index (χ3n) is 2.08. The normalized spacial score (nSPS) is 16.0. The van der Waals surface area contributed by atoms with E-state index in [-0.39, 0.29) is 0 Å². The average Bonchev–Trinajstić information content (AvgIpc) is 2.75. The fourth-order valence-electron chi connectivity index (χ4n) is 1.36. The lowest BCUT2D eigenvalue weighted by molar-refractivity contribution is 0.158. The van der Waals surface area contributed by atoms with Gasteiger partial charge in [-0.3, -0.25) is 0 Å². The van der Waals surface area contributed by atoms with Gasteiger partial charge in [0, 0.05) is 18.7 Å². The molecule has 0 unspecified atom stereocenters. The Morgan fingerprint density at radius 2 is 2.46 bits per heavy atom. The minimum atomic E-state index is -0.880. The molecule has 0 atom stereocenters. The molecule has 2 heterocycles. The number of hydrogen-bond donors (Lipinski definition) is 1. The molecule has 68 valence electrons. The Morgan fingerprint density at radius 3 is 3.00 bits per heavy atom. The summed E-state index contributed by atoms with van der Waals surface area (Å²) in [6.45, 7) is 0.921. The summed E-state index contributed by atoms with van der Waals surface area (Å²) >= 11 is 0. The third-order valence-corrected chi connectivity index (χ3v) is 2.08. The van der Waals surface area contributed by atoms with Gasteiger partial charge in [-0.05, 0) is 11.6 Å². The number of amides is 1. The first kappa shape index (κ1) is 7.91. The molecule has 0 fully saturated rings. The maximum absolute atomic E-state index is 10.6. The summed E-state index contributed by atoms with van der Waals surface area (Å²) in [4.78, 5) is 11.9. The predicted octanol–water partition coefficient (Wildman–Crippen LogP) is 1.66. The first-order chi connectivity index (χ1) is 6.27. The molecule has 1 amide bonds. The van der Waals surface area contributed by atoms with Gasteiger partial charge in [-0.15, -0.1) is 0 Å². The summed E-state index contributed by atoms with van der Waals surface area (Å²) in [6, 6.07) is 1.83. The lowest BCUT2D eigenvalue weighted by Crippen LogP contribution is -2.26. The first-order valence-electron chi connectivity index (χ1n) is 3.97. The second-order valence-corrected chi connectivity index (χ2v) is 2.90. The van der Waals surface area contributed by atoms with Gasteiger partial charge in [0.1, 0.15) is 0 Å². The van der Waals surface area contributed by atoms with Gasteiger partial charge in [0.2, 0.25) is 0 Å². The van der Waals surface area contributed by atoms with Gasteiger partial charge < -0.3 is 14.4 Å². The van der Waals surface area contributed by atoms with Crippen molar-refractivity contribution in [3.8, 4) is 0 Å². The molecule has 1 aliphatic heterocycles. The maximum atomic E-state index is 10.6. The highest BCUT2D eigenvalue weighted by Crippen LogP contribution is 2.20. The summed E-state index contributed by atoms with van der Waals surface area (Å²) in [7, 11) is 0. The van der Waals surface area contributed by atoms with Crippen LogP contribution in [0.15, 0.2) is 29.1 Å². The van der Waals surface area contributed by atoms with Crippen LogP contribution in [0.1, 0.15) is 5.56 Å². The summed E-state index contributed by atoms with van der Waals surface area (Å²) in [5.74, 6) is 0. The molecular formula is C9H9NO3. The van der Waals surface area contributed by atoms with E-state index in [9.17, 15) is 4.79 Å². The molecule has 4 heteroatoms. The Labute approximate surface area is 75.1 Å². The molecule has 1 aliphatic rings. The number of furan rings is 1. The van der Waals surface area contributed by atoms with Crippen molar-refractivity contribution in [2.75, 3.05) is 13.1 Å². The molecule has 1 N–H and O–H groups in total. The second-order valence-electron chi connectivity index (χ2n) is 2.90. The van der Waals surface area contributed by atoms with Crippen molar-refractivity contribution in [1.82, 2.24) is 4.90 Å². The molecule has 13 heavy (non-hydrogen) atoms. The van der Waals surface area contributed by atoms with Gasteiger partial charge in [-0.2, -0.15) is 0 Å². The molecule has 0 radical (unpaired) electrons. The van der Waals surface area contributed by atoms with Gasteiger partial charge in [0.25, 0.3) is 0 Å². The molecule has 1 aromatic rings. The molecule has 0 aliphatic carbocycles. The Hall–Kier alpha value is -1.71. The lowest BCUT2D eigenvalue weighted by atomic mass is 10.1. The third kappa shape index (κ3) is 1.42. The molecular weight excluding hydrogens is 170 g/mol. The van der Waals surface area contributed by atoms with Crippen LogP contribution in [0.25, 0.3) is 5.57 Å². The van der Waals surface area contributed by atoms with Crippen LogP contribution in [-0.2, 0) is 0 Å². The Bertz CT molecular complexity index is 340. The van der Waals surface area contributed by atoms with Crippen molar-refractivity contribution in [2.24, 2.45) is 0 Å². The number of hydrogen-bond acceptors (Lipinski definition) is 2. The summed E-state index contributed by atoms with van der Waals surface area (Å²) < 4.78 is 4.92. The zero-order valence-corrected chi connectivity index (χ0v) is 6.93. The van der Waals surface area contributed by atoms with E-state index in [2.05, 4.69) is 0 Å². The fraction of sp³-hybridized carbons (Fsp3) is 0.222. The second kappa shape index (κ2) is 2.97. The van der Waals surface area contributed by atoms with E-state index in [0.29, 0.717) is 13.1 Å². The van der Waals surface area contributed by atoms with Crippen LogP contribution >= 0.6 is 0 Å². The van der Waals surface area contributed by atoms with Crippen LogP contribution in [-0.4, -0.2) is 29.2 Å². The zero-order chi connectivity index (χ0) is 9.26. The van der Waals surface area contributed by atoms with Gasteiger partial charge in [0.15, 0.2) is 0 Å². The predicted molar refractivity (Wildman–Crippen MR) is 46.3 cm³/mol. The van der Waals surface area contributed by atoms with Crippen molar-refractivity contribution < 1.29 is 14.3 Å². The smallest absolute Gasteiger partial charge is 0.407 e. The highest BCUT2D eigenvalue weighted by molar-refractivity contribution is 5.75. The Kier molecular flexibility index (Phi) is 1.81. The zero-order valence-electron chi connectivity index (χ0n) is 6.93. The molecule has 4 nitrogen and oxygen atoms in total. The van der Waals surface area contributed by atoms with Crippen LogP contribution in [0.4, 0.5) is 4.79 Å². The summed E-state index contributed by atoms with van der Waals surface area (Å²) in [5, 5.41) is 8.70. The molecule has 0 spiro atoms. The SMILES string of the molecule is O=C(O)N1CC=C(c2ccoc2)C1. The Morgan fingerprint density at radius 1 is 1.62 bits per heavy atom. The minimum absolute atomic E-state index is 0.453. The van der Waals surface area contributed by atoms with Crippen molar-refractivity contribution in [3.63, 3.8) is 0 Å². The summed E-state index contributed by atoms with van der Waals surface area (Å²) in [6.07, 6.45) is 4.23. The van der Waals surface area contributed by atoms with Crippen LogP contribution in [0.2, 0.25) is 0 Å². The van der Waals surface area contributed by atoms with E-state index in [0.717, 1.165) is 11.1 Å². The number of rotatable bonds is 1. The van der Waals surface area contributed by atoms with Crippen molar-refractivity contribution in [2.45, 2.75) is 0 Å². The average molecular weight is 179 g/mol. The van der Waals surface area contributed by atoms with E-state index >= 15 is 0 Å². The van der Waals surface area contributed by atoms with Crippen LogP contribution in [0.3, 0.4) is 0 Å². The number of nitrogens with zero attached hydrogens (tertiary/aromatic N) is 1. The van der Waals surface area contributed by atoms with Gasteiger partial charge in [0.05, 0.1) is 12.5 Å².